The fourth-order valence-corrected chi connectivity index (χ4v) is 5.84. The highest BCUT2D eigenvalue weighted by molar-refractivity contribution is 8.00. The third-order valence-corrected chi connectivity index (χ3v) is 7.72. The second-order valence-corrected chi connectivity index (χ2v) is 9.90. The lowest BCUT2D eigenvalue weighted by Crippen LogP contribution is -2.25. The quantitative estimate of drug-likeness (QED) is 0.386. The van der Waals surface area contributed by atoms with Crippen molar-refractivity contribution in [3.05, 3.63) is 83.4 Å². The molecule has 32 heavy (non-hydrogen) atoms. The van der Waals surface area contributed by atoms with Gasteiger partial charge in [-0.3, -0.25) is 9.59 Å². The van der Waals surface area contributed by atoms with E-state index in [1.165, 1.54) is 4.70 Å². The van der Waals surface area contributed by atoms with Crippen LogP contribution in [0.2, 0.25) is 0 Å². The number of thiazole rings is 1. The molecule has 7 heteroatoms. The molecule has 0 aliphatic carbocycles. The smallest absolute Gasteiger partial charge is 0.255 e. The molecular formula is C25H21N3O2S2. The summed E-state index contributed by atoms with van der Waals surface area (Å²) in [6.45, 7) is 2.27. The molecule has 0 fully saturated rings. The van der Waals surface area contributed by atoms with Gasteiger partial charge in [0.25, 0.3) is 5.91 Å². The van der Waals surface area contributed by atoms with Crippen molar-refractivity contribution in [1.29, 1.82) is 0 Å². The lowest BCUT2D eigenvalue weighted by atomic mass is 10.1. The van der Waals surface area contributed by atoms with E-state index < -0.39 is 0 Å². The number of anilines is 2. The van der Waals surface area contributed by atoms with Gasteiger partial charge in [0.1, 0.15) is 0 Å². The predicted molar refractivity (Wildman–Crippen MR) is 132 cm³/mol. The first-order valence-corrected chi connectivity index (χ1v) is 12.2. The summed E-state index contributed by atoms with van der Waals surface area (Å²) in [7, 11) is 0. The number of benzene rings is 3. The van der Waals surface area contributed by atoms with Crippen molar-refractivity contribution in [3.8, 4) is 0 Å². The standard InChI is InChI=1S/C25H21N3O2S2/c1-16(29)28-13-12-19-14-20(10-11-22(19)28)26-24(30)18-8-6-17(7-9-18)15-31-25-27-21-4-2-3-5-23(21)32-25/h2-11,14H,12-13,15H2,1H3,(H,26,30). The maximum atomic E-state index is 12.7. The second kappa shape index (κ2) is 8.76. The topological polar surface area (TPSA) is 62.3 Å². The van der Waals surface area contributed by atoms with Gasteiger partial charge < -0.3 is 10.2 Å². The average Bonchev–Trinajstić information content (AvgIpc) is 3.41. The van der Waals surface area contributed by atoms with Gasteiger partial charge in [-0.05, 0) is 60.0 Å². The number of hydrogen-bond acceptors (Lipinski definition) is 5. The van der Waals surface area contributed by atoms with Crippen molar-refractivity contribution in [2.75, 3.05) is 16.8 Å². The monoisotopic (exact) mass is 459 g/mol. The van der Waals surface area contributed by atoms with Crippen LogP contribution in [0.3, 0.4) is 0 Å². The van der Waals surface area contributed by atoms with E-state index in [4.69, 9.17) is 0 Å². The number of aromatic nitrogens is 1. The van der Waals surface area contributed by atoms with Gasteiger partial charge in [0.2, 0.25) is 5.91 Å². The number of rotatable bonds is 5. The number of carbonyl (C=O) groups is 2. The molecule has 160 valence electrons. The number of hydrogen-bond donors (Lipinski definition) is 1. The Morgan fingerprint density at radius 1 is 1.09 bits per heavy atom. The summed E-state index contributed by atoms with van der Waals surface area (Å²) in [6.07, 6.45) is 0.805. The number of nitrogens with one attached hydrogen (secondary N) is 1. The maximum absolute atomic E-state index is 12.7. The molecule has 0 bridgehead atoms. The molecule has 1 aromatic heterocycles. The molecular weight excluding hydrogens is 438 g/mol. The van der Waals surface area contributed by atoms with Crippen molar-refractivity contribution in [1.82, 2.24) is 4.98 Å². The maximum Gasteiger partial charge on any atom is 0.255 e. The van der Waals surface area contributed by atoms with Gasteiger partial charge >= 0.3 is 0 Å². The van der Waals surface area contributed by atoms with E-state index in [0.29, 0.717) is 12.1 Å². The van der Waals surface area contributed by atoms with Crippen molar-refractivity contribution in [3.63, 3.8) is 0 Å². The highest BCUT2D eigenvalue weighted by Crippen LogP contribution is 2.32. The van der Waals surface area contributed by atoms with Crippen LogP contribution in [0.25, 0.3) is 10.2 Å². The van der Waals surface area contributed by atoms with Crippen LogP contribution in [0.1, 0.15) is 28.4 Å². The third kappa shape index (κ3) is 4.26. The fraction of sp³-hybridized carbons (Fsp3) is 0.160. The summed E-state index contributed by atoms with van der Waals surface area (Å²) in [4.78, 5) is 30.8. The Bertz CT molecular complexity index is 1280. The normalized spacial score (nSPS) is 12.7. The first-order chi connectivity index (χ1) is 15.6. The number of para-hydroxylation sites is 1. The van der Waals surface area contributed by atoms with E-state index in [0.717, 1.165) is 44.5 Å². The minimum Gasteiger partial charge on any atom is -0.322 e. The Morgan fingerprint density at radius 3 is 2.69 bits per heavy atom. The molecule has 1 aliphatic rings. The summed E-state index contributed by atoms with van der Waals surface area (Å²) in [5, 5.41) is 2.97. The zero-order chi connectivity index (χ0) is 22.1. The predicted octanol–water partition coefficient (Wildman–Crippen LogP) is 5.75. The first kappa shape index (κ1) is 20.7. The average molecular weight is 460 g/mol. The molecule has 2 heterocycles. The summed E-state index contributed by atoms with van der Waals surface area (Å²) in [6, 6.07) is 21.6. The number of nitrogens with zero attached hydrogens (tertiary/aromatic N) is 2. The van der Waals surface area contributed by atoms with Crippen LogP contribution in [0.15, 0.2) is 71.1 Å². The number of amides is 2. The highest BCUT2D eigenvalue weighted by Gasteiger charge is 2.22. The number of fused-ring (bicyclic) bond motifs is 2. The Labute approximate surface area is 194 Å². The van der Waals surface area contributed by atoms with Crippen LogP contribution < -0.4 is 10.2 Å². The van der Waals surface area contributed by atoms with E-state index in [1.54, 1.807) is 34.9 Å². The summed E-state index contributed by atoms with van der Waals surface area (Å²) in [5.74, 6) is 0.706. The Morgan fingerprint density at radius 2 is 1.91 bits per heavy atom. The molecule has 0 atom stereocenters. The molecule has 0 radical (unpaired) electrons. The zero-order valence-electron chi connectivity index (χ0n) is 17.5. The first-order valence-electron chi connectivity index (χ1n) is 10.4. The van der Waals surface area contributed by atoms with Gasteiger partial charge in [-0.1, -0.05) is 36.0 Å². The molecule has 4 aromatic rings. The SMILES string of the molecule is CC(=O)N1CCc2cc(NC(=O)c3ccc(CSc4nc5ccccc5s4)cc3)ccc21. The Hall–Kier alpha value is -3.16. The van der Waals surface area contributed by atoms with E-state index in [2.05, 4.69) is 16.4 Å². The van der Waals surface area contributed by atoms with Crippen molar-refractivity contribution < 1.29 is 9.59 Å². The Balaban J connectivity index is 1.21. The summed E-state index contributed by atoms with van der Waals surface area (Å²) < 4.78 is 2.25. The van der Waals surface area contributed by atoms with Gasteiger partial charge in [0.15, 0.2) is 4.34 Å². The molecule has 0 spiro atoms. The van der Waals surface area contributed by atoms with Crippen LogP contribution in [0.4, 0.5) is 11.4 Å². The van der Waals surface area contributed by atoms with E-state index >= 15 is 0 Å². The Kier molecular flexibility index (Phi) is 5.68. The van der Waals surface area contributed by atoms with Crippen molar-refractivity contribution in [2.45, 2.75) is 23.4 Å². The molecule has 3 aromatic carbocycles. The molecule has 1 aliphatic heterocycles. The van der Waals surface area contributed by atoms with E-state index in [9.17, 15) is 9.59 Å². The molecule has 1 N–H and O–H groups in total. The van der Waals surface area contributed by atoms with Crippen LogP contribution in [-0.4, -0.2) is 23.3 Å². The van der Waals surface area contributed by atoms with Crippen LogP contribution in [0, 0.1) is 0 Å². The van der Waals surface area contributed by atoms with Crippen LogP contribution >= 0.6 is 23.1 Å². The highest BCUT2D eigenvalue weighted by atomic mass is 32.2. The lowest BCUT2D eigenvalue weighted by molar-refractivity contribution is -0.116. The van der Waals surface area contributed by atoms with Crippen molar-refractivity contribution >= 4 is 56.5 Å². The lowest BCUT2D eigenvalue weighted by Gasteiger charge is -2.15. The van der Waals surface area contributed by atoms with Gasteiger partial charge in [-0.2, -0.15) is 0 Å². The number of carbonyl (C=O) groups excluding carboxylic acids is 2. The molecule has 0 saturated heterocycles. The largest absolute Gasteiger partial charge is 0.322 e. The minimum atomic E-state index is -0.142. The number of thioether (sulfide) groups is 1. The minimum absolute atomic E-state index is 0.0434. The second-order valence-electron chi connectivity index (χ2n) is 7.65. The van der Waals surface area contributed by atoms with Gasteiger partial charge in [-0.25, -0.2) is 4.98 Å². The van der Waals surface area contributed by atoms with E-state index in [1.807, 2.05) is 60.7 Å². The molecule has 0 unspecified atom stereocenters. The van der Waals surface area contributed by atoms with Gasteiger partial charge in [0.05, 0.1) is 10.2 Å². The van der Waals surface area contributed by atoms with Gasteiger partial charge in [-0.15, -0.1) is 11.3 Å². The third-order valence-electron chi connectivity index (χ3n) is 5.47. The molecule has 0 saturated carbocycles. The zero-order valence-corrected chi connectivity index (χ0v) is 19.1. The molecule has 2 amide bonds. The fourth-order valence-electron chi connectivity index (χ4n) is 3.82. The van der Waals surface area contributed by atoms with Crippen molar-refractivity contribution in [2.24, 2.45) is 0 Å². The summed E-state index contributed by atoms with van der Waals surface area (Å²) in [5.41, 5.74) is 5.56. The van der Waals surface area contributed by atoms with Gasteiger partial charge in [0, 0.05) is 36.2 Å². The van der Waals surface area contributed by atoms with E-state index in [-0.39, 0.29) is 11.8 Å². The van der Waals surface area contributed by atoms with Crippen LogP contribution in [-0.2, 0) is 17.0 Å². The molecule has 5 rings (SSSR count). The summed E-state index contributed by atoms with van der Waals surface area (Å²) >= 11 is 3.41. The van der Waals surface area contributed by atoms with Crippen LogP contribution in [0.5, 0.6) is 0 Å². The molecule has 5 nitrogen and oxygen atoms in total.